The normalized spacial score (nSPS) is 10.9. The molecule has 1 heterocycles. The van der Waals surface area contributed by atoms with Crippen molar-refractivity contribution in [2.24, 2.45) is 5.92 Å². The lowest BCUT2D eigenvalue weighted by Crippen LogP contribution is -2.08. The third kappa shape index (κ3) is 4.85. The van der Waals surface area contributed by atoms with Gasteiger partial charge in [-0.05, 0) is 34.9 Å². The molecule has 5 nitrogen and oxygen atoms in total. The molecule has 0 aliphatic carbocycles. The minimum Gasteiger partial charge on any atom is -0.494 e. The highest BCUT2D eigenvalue weighted by molar-refractivity contribution is 7.99. The highest BCUT2D eigenvalue weighted by atomic mass is 32.2. The predicted molar refractivity (Wildman–Crippen MR) is 79.9 cm³/mol. The van der Waals surface area contributed by atoms with Gasteiger partial charge in [-0.25, -0.2) is 4.68 Å². The molecule has 0 aliphatic heterocycles. The number of thioether (sulfide) groups is 1. The molecule has 0 amide bonds. The summed E-state index contributed by atoms with van der Waals surface area (Å²) >= 11 is 1.68. The number of aromatic nitrogens is 4. The summed E-state index contributed by atoms with van der Waals surface area (Å²) in [5, 5.41) is 12.7. The van der Waals surface area contributed by atoms with Gasteiger partial charge in [-0.1, -0.05) is 43.8 Å². The summed E-state index contributed by atoms with van der Waals surface area (Å²) in [6.45, 7) is 5.88. The highest BCUT2D eigenvalue weighted by Crippen LogP contribution is 2.16. The van der Waals surface area contributed by atoms with Crippen molar-refractivity contribution >= 4 is 11.8 Å². The van der Waals surface area contributed by atoms with Crippen LogP contribution >= 0.6 is 11.8 Å². The SMILES string of the molecule is CC(C)Cn1nnnc1SCCCOc1ccccc1. The second-order valence-electron chi connectivity index (χ2n) is 4.90. The summed E-state index contributed by atoms with van der Waals surface area (Å²) in [6.07, 6.45) is 0.966. The van der Waals surface area contributed by atoms with E-state index in [-0.39, 0.29) is 0 Å². The van der Waals surface area contributed by atoms with Crippen LogP contribution in [0.15, 0.2) is 35.5 Å². The van der Waals surface area contributed by atoms with E-state index >= 15 is 0 Å². The van der Waals surface area contributed by atoms with Gasteiger partial charge >= 0.3 is 0 Å². The maximum absolute atomic E-state index is 5.65. The lowest BCUT2D eigenvalue weighted by molar-refractivity contribution is 0.318. The Labute approximate surface area is 123 Å². The average molecular weight is 292 g/mol. The Kier molecular flexibility index (Phi) is 5.86. The molecule has 0 spiro atoms. The van der Waals surface area contributed by atoms with Crippen LogP contribution in [0.4, 0.5) is 0 Å². The van der Waals surface area contributed by atoms with Gasteiger partial charge in [-0.3, -0.25) is 0 Å². The Balaban J connectivity index is 1.67. The lowest BCUT2D eigenvalue weighted by Gasteiger charge is -2.07. The van der Waals surface area contributed by atoms with E-state index in [9.17, 15) is 0 Å². The van der Waals surface area contributed by atoms with Crippen LogP contribution in [0.2, 0.25) is 0 Å². The van der Waals surface area contributed by atoms with E-state index < -0.39 is 0 Å². The first kappa shape index (κ1) is 14.8. The van der Waals surface area contributed by atoms with Gasteiger partial charge in [0, 0.05) is 12.3 Å². The first-order chi connectivity index (χ1) is 9.75. The van der Waals surface area contributed by atoms with Crippen molar-refractivity contribution in [1.82, 2.24) is 20.2 Å². The van der Waals surface area contributed by atoms with Crippen molar-refractivity contribution in [1.29, 1.82) is 0 Å². The summed E-state index contributed by atoms with van der Waals surface area (Å²) < 4.78 is 7.52. The van der Waals surface area contributed by atoms with Crippen LogP contribution in [-0.2, 0) is 6.54 Å². The quantitative estimate of drug-likeness (QED) is 0.553. The number of rotatable bonds is 8. The van der Waals surface area contributed by atoms with Crippen LogP contribution in [0.1, 0.15) is 20.3 Å². The number of ether oxygens (including phenoxy) is 1. The largest absolute Gasteiger partial charge is 0.494 e. The van der Waals surface area contributed by atoms with Crippen LogP contribution in [0.3, 0.4) is 0 Å². The summed E-state index contributed by atoms with van der Waals surface area (Å²) in [5.74, 6) is 2.41. The molecule has 1 aromatic carbocycles. The highest BCUT2D eigenvalue weighted by Gasteiger charge is 2.07. The fraction of sp³-hybridized carbons (Fsp3) is 0.500. The molecule has 2 rings (SSSR count). The van der Waals surface area contributed by atoms with E-state index in [0.717, 1.165) is 29.6 Å². The summed E-state index contributed by atoms with van der Waals surface area (Å²) in [5.41, 5.74) is 0. The lowest BCUT2D eigenvalue weighted by atomic mass is 10.2. The van der Waals surface area contributed by atoms with E-state index in [0.29, 0.717) is 12.5 Å². The van der Waals surface area contributed by atoms with Gasteiger partial charge in [0.25, 0.3) is 0 Å². The van der Waals surface area contributed by atoms with E-state index in [2.05, 4.69) is 29.4 Å². The molecule has 2 aromatic rings. The second kappa shape index (κ2) is 7.89. The zero-order valence-electron chi connectivity index (χ0n) is 11.9. The van der Waals surface area contributed by atoms with Gasteiger partial charge in [-0.15, -0.1) is 5.10 Å². The molecule has 108 valence electrons. The average Bonchev–Trinajstić information content (AvgIpc) is 2.86. The van der Waals surface area contributed by atoms with Crippen molar-refractivity contribution in [3.8, 4) is 5.75 Å². The van der Waals surface area contributed by atoms with E-state index in [1.54, 1.807) is 11.8 Å². The zero-order valence-corrected chi connectivity index (χ0v) is 12.7. The maximum Gasteiger partial charge on any atom is 0.209 e. The second-order valence-corrected chi connectivity index (χ2v) is 5.96. The molecule has 6 heteroatoms. The first-order valence-electron chi connectivity index (χ1n) is 6.82. The molecule has 0 bridgehead atoms. The number of benzene rings is 1. The van der Waals surface area contributed by atoms with Gasteiger partial charge in [-0.2, -0.15) is 0 Å². The van der Waals surface area contributed by atoms with Crippen LogP contribution in [-0.4, -0.2) is 32.6 Å². The number of tetrazole rings is 1. The fourth-order valence-corrected chi connectivity index (χ4v) is 2.49. The van der Waals surface area contributed by atoms with Gasteiger partial charge in [0.15, 0.2) is 0 Å². The smallest absolute Gasteiger partial charge is 0.209 e. The fourth-order valence-electron chi connectivity index (χ4n) is 1.69. The van der Waals surface area contributed by atoms with Crippen molar-refractivity contribution in [2.75, 3.05) is 12.4 Å². The van der Waals surface area contributed by atoms with E-state index in [1.807, 2.05) is 35.0 Å². The summed E-state index contributed by atoms with van der Waals surface area (Å²) in [4.78, 5) is 0. The van der Waals surface area contributed by atoms with Crippen molar-refractivity contribution in [2.45, 2.75) is 32.0 Å². The molecule has 1 aromatic heterocycles. The minimum absolute atomic E-state index is 0.541. The van der Waals surface area contributed by atoms with Crippen molar-refractivity contribution < 1.29 is 4.74 Å². The summed E-state index contributed by atoms with van der Waals surface area (Å²) in [6, 6.07) is 9.87. The molecule has 0 saturated carbocycles. The molecule has 0 aliphatic rings. The summed E-state index contributed by atoms with van der Waals surface area (Å²) in [7, 11) is 0. The molecule has 0 atom stereocenters. The topological polar surface area (TPSA) is 52.8 Å². The Bertz CT molecular complexity index is 501. The van der Waals surface area contributed by atoms with E-state index in [1.165, 1.54) is 0 Å². The Morgan fingerprint density at radius 3 is 2.80 bits per heavy atom. The van der Waals surface area contributed by atoms with Crippen molar-refractivity contribution in [3.63, 3.8) is 0 Å². The Morgan fingerprint density at radius 1 is 1.25 bits per heavy atom. The van der Waals surface area contributed by atoms with E-state index in [4.69, 9.17) is 4.74 Å². The Hall–Kier alpha value is -1.56. The molecule has 0 unspecified atom stereocenters. The van der Waals surface area contributed by atoms with Gasteiger partial charge in [0.1, 0.15) is 5.75 Å². The number of hydrogen-bond acceptors (Lipinski definition) is 5. The molecule has 0 radical (unpaired) electrons. The minimum atomic E-state index is 0.541. The number of nitrogens with zero attached hydrogens (tertiary/aromatic N) is 4. The zero-order chi connectivity index (χ0) is 14.2. The molecule has 0 fully saturated rings. The molecule has 0 saturated heterocycles. The first-order valence-corrected chi connectivity index (χ1v) is 7.81. The molecular weight excluding hydrogens is 272 g/mol. The van der Waals surface area contributed by atoms with Crippen LogP contribution < -0.4 is 4.74 Å². The van der Waals surface area contributed by atoms with Crippen LogP contribution in [0.5, 0.6) is 5.75 Å². The van der Waals surface area contributed by atoms with Gasteiger partial charge in [0.2, 0.25) is 5.16 Å². The molecular formula is C14H20N4OS. The predicted octanol–water partition coefficient (Wildman–Crippen LogP) is 2.89. The standard InChI is InChI=1S/C14H20N4OS/c1-12(2)11-18-14(15-16-17-18)20-10-6-9-19-13-7-4-3-5-8-13/h3-5,7-8,12H,6,9-11H2,1-2H3. The van der Waals surface area contributed by atoms with Gasteiger partial charge in [0.05, 0.1) is 6.61 Å². The number of para-hydroxylation sites is 1. The maximum atomic E-state index is 5.65. The van der Waals surface area contributed by atoms with Crippen molar-refractivity contribution in [3.05, 3.63) is 30.3 Å². The molecule has 0 N–H and O–H groups in total. The van der Waals surface area contributed by atoms with Crippen LogP contribution in [0, 0.1) is 5.92 Å². The monoisotopic (exact) mass is 292 g/mol. The third-order valence-corrected chi connectivity index (χ3v) is 3.61. The third-order valence-electron chi connectivity index (χ3n) is 2.57. The van der Waals surface area contributed by atoms with Crippen LogP contribution in [0.25, 0.3) is 0 Å². The number of hydrogen-bond donors (Lipinski definition) is 0. The van der Waals surface area contributed by atoms with Gasteiger partial charge < -0.3 is 4.74 Å². The molecule has 20 heavy (non-hydrogen) atoms. The Morgan fingerprint density at radius 2 is 2.05 bits per heavy atom.